The van der Waals surface area contributed by atoms with Crippen LogP contribution in [-0.4, -0.2) is 18.2 Å². The number of nitrogens with one attached hydrogen (secondary N) is 1. The van der Waals surface area contributed by atoms with Gasteiger partial charge in [-0.25, -0.2) is 0 Å². The van der Waals surface area contributed by atoms with Gasteiger partial charge in [0.25, 0.3) is 0 Å². The van der Waals surface area contributed by atoms with E-state index in [0.717, 1.165) is 6.54 Å². The van der Waals surface area contributed by atoms with Crippen LogP contribution >= 0.6 is 23.2 Å². The summed E-state index contributed by atoms with van der Waals surface area (Å²) < 4.78 is 5.74. The van der Waals surface area contributed by atoms with Crippen molar-refractivity contribution in [3.8, 4) is 5.75 Å². The number of ether oxygens (including phenoxy) is 1. The second kappa shape index (κ2) is 5.94. The Kier molecular flexibility index (Phi) is 5.11. The molecule has 96 valence electrons. The molecule has 0 saturated carbocycles. The second-order valence-electron chi connectivity index (χ2n) is 5.16. The Labute approximate surface area is 113 Å². The first-order valence-corrected chi connectivity index (χ1v) is 6.39. The van der Waals surface area contributed by atoms with Gasteiger partial charge in [0.1, 0.15) is 11.9 Å². The van der Waals surface area contributed by atoms with Crippen molar-refractivity contribution >= 4 is 23.2 Å². The highest BCUT2D eigenvalue weighted by molar-refractivity contribution is 6.34. The van der Waals surface area contributed by atoms with Gasteiger partial charge in [0, 0.05) is 22.1 Å². The van der Waals surface area contributed by atoms with Crippen LogP contribution in [0.15, 0.2) is 18.2 Å². The van der Waals surface area contributed by atoms with Crippen LogP contribution in [0, 0.1) is 0 Å². The molecular formula is C13H19Cl2NO. The topological polar surface area (TPSA) is 21.3 Å². The minimum atomic E-state index is 0.0590. The predicted octanol–water partition coefficient (Wildman–Crippen LogP) is 4.15. The molecule has 2 nitrogen and oxygen atoms in total. The van der Waals surface area contributed by atoms with Crippen molar-refractivity contribution in [2.24, 2.45) is 0 Å². The minimum Gasteiger partial charge on any atom is -0.489 e. The van der Waals surface area contributed by atoms with Crippen LogP contribution in [0.4, 0.5) is 0 Å². The number of hydrogen-bond donors (Lipinski definition) is 1. The van der Waals surface area contributed by atoms with Crippen molar-refractivity contribution in [1.82, 2.24) is 5.32 Å². The summed E-state index contributed by atoms with van der Waals surface area (Å²) in [6.45, 7) is 9.14. The lowest BCUT2D eigenvalue weighted by atomic mass is 10.1. The maximum atomic E-state index is 5.90. The van der Waals surface area contributed by atoms with Gasteiger partial charge in [-0.05, 0) is 45.9 Å². The summed E-state index contributed by atoms with van der Waals surface area (Å²) in [5.41, 5.74) is 0.0869. The Morgan fingerprint density at radius 2 is 1.71 bits per heavy atom. The monoisotopic (exact) mass is 275 g/mol. The zero-order valence-corrected chi connectivity index (χ0v) is 12.2. The molecule has 17 heavy (non-hydrogen) atoms. The highest BCUT2D eigenvalue weighted by atomic mass is 35.5. The third-order valence-electron chi connectivity index (χ3n) is 2.09. The van der Waals surface area contributed by atoms with E-state index in [1.807, 2.05) is 6.92 Å². The molecule has 0 bridgehead atoms. The van der Waals surface area contributed by atoms with Gasteiger partial charge >= 0.3 is 0 Å². The minimum absolute atomic E-state index is 0.0590. The van der Waals surface area contributed by atoms with E-state index in [2.05, 4.69) is 26.1 Å². The Morgan fingerprint density at radius 3 is 2.18 bits per heavy atom. The van der Waals surface area contributed by atoms with Gasteiger partial charge in [-0.1, -0.05) is 23.2 Å². The summed E-state index contributed by atoms with van der Waals surface area (Å²) in [7, 11) is 0. The van der Waals surface area contributed by atoms with Crippen LogP contribution < -0.4 is 10.1 Å². The molecule has 0 aromatic heterocycles. The van der Waals surface area contributed by atoms with Gasteiger partial charge in [0.15, 0.2) is 0 Å². The first-order chi connectivity index (χ1) is 7.76. The first-order valence-electron chi connectivity index (χ1n) is 5.64. The van der Waals surface area contributed by atoms with Gasteiger partial charge in [0.2, 0.25) is 0 Å². The maximum absolute atomic E-state index is 5.90. The summed E-state index contributed by atoms with van der Waals surface area (Å²) in [4.78, 5) is 0. The summed E-state index contributed by atoms with van der Waals surface area (Å²) in [6, 6.07) is 5.22. The third-order valence-corrected chi connectivity index (χ3v) is 2.53. The third kappa shape index (κ3) is 6.16. The van der Waals surface area contributed by atoms with E-state index < -0.39 is 0 Å². The number of hydrogen-bond acceptors (Lipinski definition) is 2. The van der Waals surface area contributed by atoms with Gasteiger partial charge in [-0.15, -0.1) is 0 Å². The van der Waals surface area contributed by atoms with Crippen LogP contribution in [0.5, 0.6) is 5.75 Å². The molecule has 1 atom stereocenters. The number of benzene rings is 1. The molecule has 1 N–H and O–H groups in total. The standard InChI is InChI=1S/C13H19Cl2NO/c1-9(8-16-13(2,3)4)17-12-6-10(14)5-11(15)7-12/h5-7,9,16H,8H2,1-4H3. The van der Waals surface area contributed by atoms with Crippen molar-refractivity contribution < 1.29 is 4.74 Å². The van der Waals surface area contributed by atoms with Gasteiger partial charge in [0.05, 0.1) is 0 Å². The average Bonchev–Trinajstić information content (AvgIpc) is 2.11. The molecule has 1 aromatic rings. The quantitative estimate of drug-likeness (QED) is 0.892. The number of halogens is 2. The second-order valence-corrected chi connectivity index (χ2v) is 6.04. The van der Waals surface area contributed by atoms with Crippen LogP contribution in [0.25, 0.3) is 0 Å². The molecule has 0 saturated heterocycles. The van der Waals surface area contributed by atoms with Crippen molar-refractivity contribution in [2.75, 3.05) is 6.54 Å². The van der Waals surface area contributed by atoms with Crippen molar-refractivity contribution in [1.29, 1.82) is 0 Å². The molecular weight excluding hydrogens is 257 g/mol. The lowest BCUT2D eigenvalue weighted by molar-refractivity contribution is 0.203. The summed E-state index contributed by atoms with van der Waals surface area (Å²) in [6.07, 6.45) is 0.0590. The Hall–Kier alpha value is -0.440. The largest absolute Gasteiger partial charge is 0.489 e. The van der Waals surface area contributed by atoms with Gasteiger partial charge < -0.3 is 10.1 Å². The van der Waals surface area contributed by atoms with E-state index in [4.69, 9.17) is 27.9 Å². The lowest BCUT2D eigenvalue weighted by Gasteiger charge is -2.24. The fraction of sp³-hybridized carbons (Fsp3) is 0.538. The van der Waals surface area contributed by atoms with E-state index in [-0.39, 0.29) is 11.6 Å². The fourth-order valence-corrected chi connectivity index (χ4v) is 1.83. The summed E-state index contributed by atoms with van der Waals surface area (Å²) in [5, 5.41) is 4.55. The molecule has 0 spiro atoms. The molecule has 0 heterocycles. The van der Waals surface area contributed by atoms with Crippen LogP contribution in [-0.2, 0) is 0 Å². The molecule has 0 aliphatic carbocycles. The molecule has 0 fully saturated rings. The summed E-state index contributed by atoms with van der Waals surface area (Å²) >= 11 is 11.8. The molecule has 4 heteroatoms. The molecule has 0 radical (unpaired) electrons. The normalized spacial score (nSPS) is 13.5. The van der Waals surface area contributed by atoms with E-state index in [1.165, 1.54) is 0 Å². The Bertz CT molecular complexity index is 354. The molecule has 1 unspecified atom stereocenters. The SMILES string of the molecule is CC(CNC(C)(C)C)Oc1cc(Cl)cc(Cl)c1. The fourth-order valence-electron chi connectivity index (χ4n) is 1.32. The van der Waals surface area contributed by atoms with Crippen molar-refractivity contribution in [2.45, 2.75) is 39.3 Å². The summed E-state index contributed by atoms with van der Waals surface area (Å²) in [5.74, 6) is 0.700. The van der Waals surface area contributed by atoms with Crippen molar-refractivity contribution in [3.05, 3.63) is 28.2 Å². The smallest absolute Gasteiger partial charge is 0.122 e. The van der Waals surface area contributed by atoms with Crippen LogP contribution in [0.3, 0.4) is 0 Å². The Balaban J connectivity index is 2.53. The van der Waals surface area contributed by atoms with Gasteiger partial charge in [-0.3, -0.25) is 0 Å². The van der Waals surface area contributed by atoms with E-state index >= 15 is 0 Å². The zero-order valence-electron chi connectivity index (χ0n) is 10.7. The molecule has 1 aromatic carbocycles. The van der Waals surface area contributed by atoms with E-state index in [1.54, 1.807) is 18.2 Å². The first kappa shape index (κ1) is 14.6. The molecule has 1 rings (SSSR count). The van der Waals surface area contributed by atoms with Crippen LogP contribution in [0.2, 0.25) is 10.0 Å². The van der Waals surface area contributed by atoms with Crippen LogP contribution in [0.1, 0.15) is 27.7 Å². The van der Waals surface area contributed by atoms with Gasteiger partial charge in [-0.2, -0.15) is 0 Å². The average molecular weight is 276 g/mol. The molecule has 0 aliphatic heterocycles. The van der Waals surface area contributed by atoms with E-state index in [9.17, 15) is 0 Å². The predicted molar refractivity (Wildman–Crippen MR) is 74.3 cm³/mol. The molecule has 0 aliphatic rings. The lowest BCUT2D eigenvalue weighted by Crippen LogP contribution is -2.41. The maximum Gasteiger partial charge on any atom is 0.122 e. The zero-order chi connectivity index (χ0) is 13.1. The Morgan fingerprint density at radius 1 is 1.18 bits per heavy atom. The highest BCUT2D eigenvalue weighted by Crippen LogP contribution is 2.24. The highest BCUT2D eigenvalue weighted by Gasteiger charge is 2.12. The van der Waals surface area contributed by atoms with Crippen molar-refractivity contribution in [3.63, 3.8) is 0 Å². The number of rotatable bonds is 4. The molecule has 0 amide bonds. The van der Waals surface area contributed by atoms with E-state index in [0.29, 0.717) is 15.8 Å².